The highest BCUT2D eigenvalue weighted by atomic mass is 15.1. The average Bonchev–Trinajstić information content (AvgIpc) is 2.86. The monoisotopic (exact) mass is 257 g/mol. The van der Waals surface area contributed by atoms with Crippen LogP contribution in [0.5, 0.6) is 0 Å². The first-order valence-electron chi connectivity index (χ1n) is 6.93. The lowest BCUT2D eigenvalue weighted by Gasteiger charge is -2.17. The van der Waals surface area contributed by atoms with Gasteiger partial charge in [-0.3, -0.25) is 0 Å². The van der Waals surface area contributed by atoms with E-state index >= 15 is 0 Å². The van der Waals surface area contributed by atoms with Gasteiger partial charge in [0.2, 0.25) is 0 Å². The van der Waals surface area contributed by atoms with Crippen molar-refractivity contribution in [1.29, 1.82) is 0 Å². The topological polar surface area (TPSA) is 21.1 Å². The molecule has 0 aliphatic rings. The zero-order valence-electron chi connectivity index (χ0n) is 12.1. The summed E-state index contributed by atoms with van der Waals surface area (Å²) in [6.07, 6.45) is 4.95. The van der Waals surface area contributed by atoms with Crippen molar-refractivity contribution in [1.82, 2.24) is 14.5 Å². The fourth-order valence-corrected chi connectivity index (χ4v) is 2.22. The van der Waals surface area contributed by atoms with Gasteiger partial charge in [0.05, 0.1) is 0 Å². The van der Waals surface area contributed by atoms with Gasteiger partial charge in [0.1, 0.15) is 5.82 Å². The van der Waals surface area contributed by atoms with Crippen LogP contribution < -0.4 is 0 Å². The van der Waals surface area contributed by atoms with Gasteiger partial charge < -0.3 is 9.47 Å². The van der Waals surface area contributed by atoms with Crippen LogP contribution in [0.15, 0.2) is 36.7 Å². The lowest BCUT2D eigenvalue weighted by molar-refractivity contribution is 0.310. The van der Waals surface area contributed by atoms with Gasteiger partial charge in [-0.1, -0.05) is 36.8 Å². The van der Waals surface area contributed by atoms with Gasteiger partial charge in [-0.05, 0) is 19.5 Å². The van der Waals surface area contributed by atoms with Crippen LogP contribution in [0.2, 0.25) is 0 Å². The summed E-state index contributed by atoms with van der Waals surface area (Å²) in [5, 5.41) is 0. The molecule has 2 rings (SSSR count). The molecular formula is C16H23N3. The van der Waals surface area contributed by atoms with Crippen molar-refractivity contribution in [3.05, 3.63) is 53.6 Å². The third-order valence-corrected chi connectivity index (χ3v) is 3.41. The van der Waals surface area contributed by atoms with Crippen molar-refractivity contribution in [3.63, 3.8) is 0 Å². The van der Waals surface area contributed by atoms with E-state index < -0.39 is 0 Å². The van der Waals surface area contributed by atoms with Gasteiger partial charge in [0.25, 0.3) is 0 Å². The van der Waals surface area contributed by atoms with E-state index in [1.165, 1.54) is 17.0 Å². The molecule has 0 aliphatic carbocycles. The Hall–Kier alpha value is -1.61. The van der Waals surface area contributed by atoms with Gasteiger partial charge in [0.15, 0.2) is 0 Å². The maximum atomic E-state index is 4.35. The Labute approximate surface area is 115 Å². The quantitative estimate of drug-likeness (QED) is 0.793. The Morgan fingerprint density at radius 2 is 1.95 bits per heavy atom. The second-order valence-corrected chi connectivity index (χ2v) is 5.11. The van der Waals surface area contributed by atoms with Crippen molar-refractivity contribution < 1.29 is 0 Å². The van der Waals surface area contributed by atoms with E-state index in [2.05, 4.69) is 65.8 Å². The number of likely N-dealkylation sites (N-methyl/N-ethyl adjacent to an activating group) is 1. The molecule has 1 aromatic heterocycles. The second-order valence-electron chi connectivity index (χ2n) is 5.11. The average molecular weight is 257 g/mol. The maximum Gasteiger partial charge on any atom is 0.108 e. The van der Waals surface area contributed by atoms with E-state index in [9.17, 15) is 0 Å². The lowest BCUT2D eigenvalue weighted by Crippen LogP contribution is -2.23. The molecule has 1 aromatic carbocycles. The minimum atomic E-state index is 0.995. The minimum Gasteiger partial charge on any atom is -0.334 e. The van der Waals surface area contributed by atoms with Crippen LogP contribution in [0, 0.1) is 6.92 Å². The Morgan fingerprint density at radius 3 is 2.63 bits per heavy atom. The first-order chi connectivity index (χ1) is 9.19. The molecule has 0 N–H and O–H groups in total. The van der Waals surface area contributed by atoms with Crippen molar-refractivity contribution in [2.24, 2.45) is 0 Å². The van der Waals surface area contributed by atoms with Crippen molar-refractivity contribution >= 4 is 0 Å². The molecule has 0 fully saturated rings. The summed E-state index contributed by atoms with van der Waals surface area (Å²) in [7, 11) is 2.17. The molecule has 0 amide bonds. The predicted molar refractivity (Wildman–Crippen MR) is 79.1 cm³/mol. The Balaban J connectivity index is 1.84. The van der Waals surface area contributed by atoms with E-state index in [1.807, 2.05) is 6.20 Å². The first kappa shape index (κ1) is 13.8. The van der Waals surface area contributed by atoms with Gasteiger partial charge in [-0.2, -0.15) is 0 Å². The normalized spacial score (nSPS) is 11.2. The smallest absolute Gasteiger partial charge is 0.108 e. The summed E-state index contributed by atoms with van der Waals surface area (Å²) in [4.78, 5) is 6.70. The van der Waals surface area contributed by atoms with E-state index in [-0.39, 0.29) is 0 Å². The fraction of sp³-hybridized carbons (Fsp3) is 0.438. The Morgan fingerprint density at radius 1 is 1.21 bits per heavy atom. The summed E-state index contributed by atoms with van der Waals surface area (Å²) in [5.74, 6) is 1.17. The zero-order valence-corrected chi connectivity index (χ0v) is 12.1. The molecule has 0 spiro atoms. The van der Waals surface area contributed by atoms with Crippen LogP contribution in [-0.2, 0) is 19.5 Å². The molecule has 2 aromatic rings. The van der Waals surface area contributed by atoms with Crippen LogP contribution in [0.3, 0.4) is 0 Å². The summed E-state index contributed by atoms with van der Waals surface area (Å²) >= 11 is 0. The van der Waals surface area contributed by atoms with Crippen molar-refractivity contribution in [2.45, 2.75) is 33.4 Å². The molecule has 0 saturated heterocycles. The van der Waals surface area contributed by atoms with Gasteiger partial charge in [0, 0.05) is 38.4 Å². The van der Waals surface area contributed by atoms with Gasteiger partial charge in [-0.15, -0.1) is 0 Å². The van der Waals surface area contributed by atoms with Crippen LogP contribution in [0.4, 0.5) is 0 Å². The molecular weight excluding hydrogens is 234 g/mol. The van der Waals surface area contributed by atoms with E-state index in [4.69, 9.17) is 0 Å². The number of benzene rings is 1. The van der Waals surface area contributed by atoms with Crippen LogP contribution >= 0.6 is 0 Å². The molecule has 0 radical (unpaired) electrons. The van der Waals surface area contributed by atoms with Gasteiger partial charge in [-0.25, -0.2) is 4.98 Å². The highest BCUT2D eigenvalue weighted by Crippen LogP contribution is 2.06. The number of aryl methyl sites for hydroxylation is 2. The van der Waals surface area contributed by atoms with Crippen LogP contribution in [-0.4, -0.2) is 28.0 Å². The summed E-state index contributed by atoms with van der Waals surface area (Å²) in [5.41, 5.74) is 2.69. The molecule has 0 bridgehead atoms. The molecule has 0 saturated carbocycles. The standard InChI is InChI=1S/C16H23N3/c1-4-16-17-9-10-19(16)12-11-18(3)13-15-7-5-14(2)6-8-15/h5-10H,4,11-13H2,1-3H3. The highest BCUT2D eigenvalue weighted by Gasteiger charge is 2.03. The number of aromatic nitrogens is 2. The highest BCUT2D eigenvalue weighted by molar-refractivity contribution is 5.21. The number of rotatable bonds is 6. The largest absolute Gasteiger partial charge is 0.334 e. The first-order valence-corrected chi connectivity index (χ1v) is 6.93. The molecule has 19 heavy (non-hydrogen) atoms. The zero-order chi connectivity index (χ0) is 13.7. The van der Waals surface area contributed by atoms with E-state index in [0.29, 0.717) is 0 Å². The van der Waals surface area contributed by atoms with E-state index in [0.717, 1.165) is 26.1 Å². The number of hydrogen-bond acceptors (Lipinski definition) is 2. The maximum absolute atomic E-state index is 4.35. The van der Waals surface area contributed by atoms with Crippen LogP contribution in [0.1, 0.15) is 23.9 Å². The summed E-state index contributed by atoms with van der Waals surface area (Å²) in [6.45, 7) is 7.31. The summed E-state index contributed by atoms with van der Waals surface area (Å²) < 4.78 is 2.24. The van der Waals surface area contributed by atoms with Gasteiger partial charge >= 0.3 is 0 Å². The van der Waals surface area contributed by atoms with Crippen molar-refractivity contribution in [2.75, 3.05) is 13.6 Å². The molecule has 0 atom stereocenters. The van der Waals surface area contributed by atoms with Crippen LogP contribution in [0.25, 0.3) is 0 Å². The molecule has 1 heterocycles. The molecule has 3 nitrogen and oxygen atoms in total. The molecule has 0 aliphatic heterocycles. The molecule has 3 heteroatoms. The van der Waals surface area contributed by atoms with E-state index in [1.54, 1.807) is 0 Å². The predicted octanol–water partition coefficient (Wildman–Crippen LogP) is 2.89. The molecule has 0 unspecified atom stereocenters. The Bertz CT molecular complexity index is 499. The number of imidazole rings is 1. The number of nitrogens with zero attached hydrogens (tertiary/aromatic N) is 3. The fourth-order valence-electron chi connectivity index (χ4n) is 2.22. The third-order valence-electron chi connectivity index (χ3n) is 3.41. The molecule has 102 valence electrons. The lowest BCUT2D eigenvalue weighted by atomic mass is 10.1. The SMILES string of the molecule is CCc1nccn1CCN(C)Cc1ccc(C)cc1. The summed E-state index contributed by atoms with van der Waals surface area (Å²) in [6, 6.07) is 8.77. The second kappa shape index (κ2) is 6.53. The van der Waals surface area contributed by atoms with Crippen molar-refractivity contribution in [3.8, 4) is 0 Å². The third kappa shape index (κ3) is 3.93. The minimum absolute atomic E-state index is 0.995. The Kier molecular flexibility index (Phi) is 4.74. The number of hydrogen-bond donors (Lipinski definition) is 0.